The van der Waals surface area contributed by atoms with E-state index in [1.807, 2.05) is 0 Å². The number of hydrogen-bond acceptors (Lipinski definition) is 5. The Morgan fingerprint density at radius 2 is 2.17 bits per heavy atom. The second-order valence-electron chi connectivity index (χ2n) is 4.00. The van der Waals surface area contributed by atoms with Crippen LogP contribution in [-0.4, -0.2) is 32.2 Å². The first-order chi connectivity index (χ1) is 8.68. The summed E-state index contributed by atoms with van der Waals surface area (Å²) in [6, 6.07) is 3.01. The lowest BCUT2D eigenvalue weighted by atomic mass is 10.1. The van der Waals surface area contributed by atoms with Gasteiger partial charge in [0.1, 0.15) is 4.32 Å². The molecule has 0 spiro atoms. The maximum absolute atomic E-state index is 10.9. The van der Waals surface area contributed by atoms with Crippen LogP contribution in [-0.2, 0) is 0 Å². The number of aromatic nitrogens is 1. The Morgan fingerprint density at radius 1 is 1.44 bits per heavy atom. The molecule has 0 amide bonds. The molecule has 96 valence electrons. The van der Waals surface area contributed by atoms with E-state index in [4.69, 9.17) is 12.2 Å². The van der Waals surface area contributed by atoms with E-state index in [1.165, 1.54) is 24.2 Å². The van der Waals surface area contributed by atoms with Crippen LogP contribution >= 0.6 is 24.0 Å². The van der Waals surface area contributed by atoms with Crippen LogP contribution in [0.25, 0.3) is 0 Å². The van der Waals surface area contributed by atoms with Gasteiger partial charge in [0.25, 0.3) is 0 Å². The van der Waals surface area contributed by atoms with Crippen LogP contribution < -0.4 is 0 Å². The highest BCUT2D eigenvalue weighted by atomic mass is 32.2. The van der Waals surface area contributed by atoms with Crippen molar-refractivity contribution in [3.05, 3.63) is 28.4 Å². The molecule has 1 aliphatic rings. The Kier molecular flexibility index (Phi) is 4.48. The highest BCUT2D eigenvalue weighted by Crippen LogP contribution is 2.29. The van der Waals surface area contributed by atoms with E-state index in [0.717, 1.165) is 25.9 Å². The van der Waals surface area contributed by atoms with Gasteiger partial charge in [0.05, 0.1) is 4.92 Å². The molecule has 2 rings (SSSR count). The molecule has 0 aliphatic carbocycles. The maximum atomic E-state index is 10.9. The highest BCUT2D eigenvalue weighted by Gasteiger charge is 2.20. The number of thiocarbonyl (C=S) groups is 1. The molecule has 0 aromatic carbocycles. The molecule has 1 aromatic heterocycles. The standard InChI is InChI=1S/C11H13N3O2S2/c15-14(16)9-5-4-6-12-10(9)18-11(17)13-7-2-1-3-8-13/h4-6H,1-3,7-8H2. The maximum Gasteiger partial charge on any atom is 0.301 e. The summed E-state index contributed by atoms with van der Waals surface area (Å²) < 4.78 is 0.677. The van der Waals surface area contributed by atoms with Crippen molar-refractivity contribution in [1.29, 1.82) is 0 Å². The summed E-state index contributed by atoms with van der Waals surface area (Å²) >= 11 is 6.54. The summed E-state index contributed by atoms with van der Waals surface area (Å²) in [4.78, 5) is 16.6. The molecule has 1 aromatic rings. The fourth-order valence-electron chi connectivity index (χ4n) is 1.82. The number of rotatable bonds is 2. The zero-order valence-electron chi connectivity index (χ0n) is 9.74. The average molecular weight is 283 g/mol. The molecular formula is C11H13N3O2S2. The van der Waals surface area contributed by atoms with Crippen molar-refractivity contribution in [1.82, 2.24) is 9.88 Å². The summed E-state index contributed by atoms with van der Waals surface area (Å²) in [6.45, 7) is 1.87. The van der Waals surface area contributed by atoms with E-state index in [2.05, 4.69) is 9.88 Å². The van der Waals surface area contributed by atoms with E-state index < -0.39 is 4.92 Å². The van der Waals surface area contributed by atoms with Crippen LogP contribution in [0.15, 0.2) is 23.4 Å². The van der Waals surface area contributed by atoms with Crippen LogP contribution in [0.1, 0.15) is 19.3 Å². The third-order valence-corrected chi connectivity index (χ3v) is 4.19. The van der Waals surface area contributed by atoms with Crippen molar-refractivity contribution in [2.75, 3.05) is 13.1 Å². The van der Waals surface area contributed by atoms with Gasteiger partial charge in [0, 0.05) is 25.4 Å². The number of thioether (sulfide) groups is 1. The van der Waals surface area contributed by atoms with E-state index in [-0.39, 0.29) is 5.69 Å². The van der Waals surface area contributed by atoms with Crippen molar-refractivity contribution < 1.29 is 4.92 Å². The van der Waals surface area contributed by atoms with Gasteiger partial charge in [0.15, 0.2) is 5.03 Å². The number of pyridine rings is 1. The van der Waals surface area contributed by atoms with Crippen LogP contribution in [0.3, 0.4) is 0 Å². The average Bonchev–Trinajstić information content (AvgIpc) is 2.40. The van der Waals surface area contributed by atoms with Gasteiger partial charge in [-0.25, -0.2) is 4.98 Å². The number of nitrogens with zero attached hydrogens (tertiary/aromatic N) is 3. The zero-order valence-corrected chi connectivity index (χ0v) is 11.4. The predicted molar refractivity (Wildman–Crippen MR) is 74.8 cm³/mol. The molecule has 1 aliphatic heterocycles. The van der Waals surface area contributed by atoms with Crippen molar-refractivity contribution in [3.8, 4) is 0 Å². The first kappa shape index (κ1) is 13.2. The van der Waals surface area contributed by atoms with Crippen LogP contribution in [0, 0.1) is 10.1 Å². The Bertz CT molecular complexity index is 461. The smallest absolute Gasteiger partial charge is 0.301 e. The molecule has 5 nitrogen and oxygen atoms in total. The molecule has 18 heavy (non-hydrogen) atoms. The van der Waals surface area contributed by atoms with Gasteiger partial charge in [-0.1, -0.05) is 12.2 Å². The summed E-state index contributed by atoms with van der Waals surface area (Å²) in [5.74, 6) is 0. The second-order valence-corrected chi connectivity index (χ2v) is 5.62. The molecule has 0 unspecified atom stereocenters. The molecule has 0 saturated carbocycles. The molecular weight excluding hydrogens is 270 g/mol. The summed E-state index contributed by atoms with van der Waals surface area (Å²) in [6.07, 6.45) is 5.04. The lowest BCUT2D eigenvalue weighted by molar-refractivity contribution is -0.388. The van der Waals surface area contributed by atoms with E-state index in [1.54, 1.807) is 12.3 Å². The number of likely N-dealkylation sites (tertiary alicyclic amines) is 1. The lowest BCUT2D eigenvalue weighted by Crippen LogP contribution is -2.32. The number of hydrogen-bond donors (Lipinski definition) is 0. The molecule has 0 bridgehead atoms. The minimum absolute atomic E-state index is 0.0156. The van der Waals surface area contributed by atoms with Crippen LogP contribution in [0.5, 0.6) is 0 Å². The topological polar surface area (TPSA) is 59.3 Å². The zero-order chi connectivity index (χ0) is 13.0. The minimum atomic E-state index is -0.422. The normalized spacial score (nSPS) is 15.4. The van der Waals surface area contributed by atoms with Gasteiger partial charge in [-0.3, -0.25) is 10.1 Å². The summed E-state index contributed by atoms with van der Waals surface area (Å²) in [5, 5.41) is 11.2. The third kappa shape index (κ3) is 3.17. The van der Waals surface area contributed by atoms with Gasteiger partial charge >= 0.3 is 5.69 Å². The van der Waals surface area contributed by atoms with Crippen molar-refractivity contribution in [2.45, 2.75) is 24.3 Å². The largest absolute Gasteiger partial charge is 0.357 e. The van der Waals surface area contributed by atoms with Gasteiger partial charge in [0.2, 0.25) is 0 Å². The van der Waals surface area contributed by atoms with Crippen molar-refractivity contribution in [2.24, 2.45) is 0 Å². The molecule has 0 atom stereocenters. The fraction of sp³-hybridized carbons (Fsp3) is 0.455. The Balaban J connectivity index is 2.08. The first-order valence-electron chi connectivity index (χ1n) is 5.74. The van der Waals surface area contributed by atoms with Gasteiger partial charge in [-0.2, -0.15) is 0 Å². The lowest BCUT2D eigenvalue weighted by Gasteiger charge is -2.28. The quantitative estimate of drug-likeness (QED) is 0.360. The third-order valence-electron chi connectivity index (χ3n) is 2.75. The molecule has 1 saturated heterocycles. The van der Waals surface area contributed by atoms with E-state index >= 15 is 0 Å². The van der Waals surface area contributed by atoms with Crippen molar-refractivity contribution in [3.63, 3.8) is 0 Å². The fourth-order valence-corrected chi connectivity index (χ4v) is 3.08. The highest BCUT2D eigenvalue weighted by molar-refractivity contribution is 8.22. The van der Waals surface area contributed by atoms with Crippen LogP contribution in [0.4, 0.5) is 5.69 Å². The Hall–Kier alpha value is -1.21. The number of nitro groups is 1. The minimum Gasteiger partial charge on any atom is -0.357 e. The summed E-state index contributed by atoms with van der Waals surface area (Å²) in [7, 11) is 0. The Labute approximate surface area is 115 Å². The van der Waals surface area contributed by atoms with Gasteiger partial charge in [-0.05, 0) is 37.1 Å². The summed E-state index contributed by atoms with van der Waals surface area (Å²) in [5.41, 5.74) is 0.0156. The van der Waals surface area contributed by atoms with Gasteiger partial charge in [-0.15, -0.1) is 0 Å². The molecule has 0 N–H and O–H groups in total. The predicted octanol–water partition coefficient (Wildman–Crippen LogP) is 2.85. The van der Waals surface area contributed by atoms with Crippen molar-refractivity contribution >= 4 is 34.0 Å². The molecule has 0 radical (unpaired) electrons. The monoisotopic (exact) mass is 283 g/mol. The number of piperidine rings is 1. The first-order valence-corrected chi connectivity index (χ1v) is 6.97. The molecule has 1 fully saturated rings. The van der Waals surface area contributed by atoms with E-state index in [0.29, 0.717) is 9.35 Å². The van der Waals surface area contributed by atoms with E-state index in [9.17, 15) is 10.1 Å². The molecule has 2 heterocycles. The molecule has 7 heteroatoms. The van der Waals surface area contributed by atoms with Crippen LogP contribution in [0.2, 0.25) is 0 Å². The Morgan fingerprint density at radius 3 is 2.83 bits per heavy atom. The second kappa shape index (κ2) is 6.10. The van der Waals surface area contributed by atoms with Gasteiger partial charge < -0.3 is 4.90 Å². The SMILES string of the molecule is O=[N+]([O-])c1cccnc1SC(=S)N1CCCCC1.